The maximum atomic E-state index is 13.9. The van der Waals surface area contributed by atoms with E-state index in [-0.39, 0.29) is 24.3 Å². The van der Waals surface area contributed by atoms with E-state index in [1.807, 2.05) is 11.0 Å². The Kier molecular flexibility index (Phi) is 7.16. The monoisotopic (exact) mass is 464 g/mol. The molecule has 1 unspecified atom stereocenters. The van der Waals surface area contributed by atoms with E-state index in [9.17, 15) is 18.0 Å². The highest BCUT2D eigenvalue weighted by atomic mass is 19.4. The molecule has 1 amide bonds. The van der Waals surface area contributed by atoms with E-state index in [1.54, 1.807) is 32.3 Å². The van der Waals surface area contributed by atoms with Crippen molar-refractivity contribution in [1.29, 1.82) is 0 Å². The van der Waals surface area contributed by atoms with Crippen molar-refractivity contribution in [3.63, 3.8) is 0 Å². The molecule has 0 aliphatic rings. The fourth-order valence-electron chi connectivity index (χ4n) is 3.23. The standard InChI is InChI=1S/C21H23F3N6O3/c1-29(2)16(13-6-5-7-14(10-13)32-3)12-25-20(31)15-11-26-30(19(15)21(22,23)24)17-8-9-18(33-4)28-27-17/h5-11,16H,12H2,1-4H3,(H,25,31). The molecular formula is C21H23F3N6O3. The third-order valence-corrected chi connectivity index (χ3v) is 4.89. The Balaban J connectivity index is 1.87. The topological polar surface area (TPSA) is 94.4 Å². The van der Waals surface area contributed by atoms with Gasteiger partial charge in [0.05, 0.1) is 32.0 Å². The molecule has 176 valence electrons. The number of hydrogen-bond donors (Lipinski definition) is 1. The Morgan fingerprint density at radius 1 is 1.15 bits per heavy atom. The molecule has 0 fully saturated rings. The van der Waals surface area contributed by atoms with Gasteiger partial charge in [-0.2, -0.15) is 18.3 Å². The third-order valence-electron chi connectivity index (χ3n) is 4.89. The van der Waals surface area contributed by atoms with Crippen LogP contribution in [0.5, 0.6) is 11.6 Å². The summed E-state index contributed by atoms with van der Waals surface area (Å²) in [5, 5.41) is 13.7. The SMILES string of the molecule is COc1cccc(C(CNC(=O)c2cnn(-c3ccc(OC)nn3)c2C(F)(F)F)N(C)C)c1. The zero-order chi connectivity index (χ0) is 24.2. The summed E-state index contributed by atoms with van der Waals surface area (Å²) in [5.74, 6) is -0.355. The maximum Gasteiger partial charge on any atom is 0.434 e. The molecule has 0 bridgehead atoms. The Labute approximate surface area is 188 Å². The number of halogens is 3. The summed E-state index contributed by atoms with van der Waals surface area (Å²) in [5.41, 5.74) is -1.04. The van der Waals surface area contributed by atoms with Gasteiger partial charge in [0, 0.05) is 12.6 Å². The molecule has 33 heavy (non-hydrogen) atoms. The van der Waals surface area contributed by atoms with Gasteiger partial charge in [-0.1, -0.05) is 12.1 Å². The van der Waals surface area contributed by atoms with E-state index < -0.39 is 23.3 Å². The first-order valence-corrected chi connectivity index (χ1v) is 9.77. The molecule has 0 spiro atoms. The summed E-state index contributed by atoms with van der Waals surface area (Å²) >= 11 is 0. The van der Waals surface area contributed by atoms with Crippen LogP contribution in [0.25, 0.3) is 5.82 Å². The van der Waals surface area contributed by atoms with Gasteiger partial charge in [-0.25, -0.2) is 4.68 Å². The highest BCUT2D eigenvalue weighted by Crippen LogP contribution is 2.33. The minimum Gasteiger partial charge on any atom is -0.497 e. The van der Waals surface area contributed by atoms with Crippen molar-refractivity contribution in [2.75, 3.05) is 34.9 Å². The first-order valence-electron chi connectivity index (χ1n) is 9.77. The van der Waals surface area contributed by atoms with Crippen LogP contribution in [0.4, 0.5) is 13.2 Å². The van der Waals surface area contributed by atoms with Gasteiger partial charge in [0.15, 0.2) is 11.5 Å². The van der Waals surface area contributed by atoms with E-state index in [2.05, 4.69) is 20.6 Å². The fourth-order valence-corrected chi connectivity index (χ4v) is 3.23. The molecule has 1 N–H and O–H groups in total. The highest BCUT2D eigenvalue weighted by molar-refractivity contribution is 5.95. The molecule has 9 nitrogen and oxygen atoms in total. The second kappa shape index (κ2) is 9.86. The van der Waals surface area contributed by atoms with Gasteiger partial charge in [0.1, 0.15) is 5.75 Å². The molecule has 2 heterocycles. The number of carbonyl (C=O) groups excluding carboxylic acids is 1. The summed E-state index contributed by atoms with van der Waals surface area (Å²) < 4.78 is 52.3. The number of nitrogens with zero attached hydrogens (tertiary/aromatic N) is 5. The van der Waals surface area contributed by atoms with Gasteiger partial charge in [0.25, 0.3) is 5.91 Å². The maximum absolute atomic E-state index is 13.9. The van der Waals surface area contributed by atoms with Crippen LogP contribution in [-0.4, -0.2) is 65.6 Å². The molecule has 12 heteroatoms. The lowest BCUT2D eigenvalue weighted by Crippen LogP contribution is -2.35. The zero-order valence-electron chi connectivity index (χ0n) is 18.4. The summed E-state index contributed by atoms with van der Waals surface area (Å²) in [6, 6.07) is 9.54. The predicted molar refractivity (Wildman–Crippen MR) is 112 cm³/mol. The number of amides is 1. The highest BCUT2D eigenvalue weighted by Gasteiger charge is 2.41. The van der Waals surface area contributed by atoms with Crippen molar-refractivity contribution in [1.82, 2.24) is 30.2 Å². The smallest absolute Gasteiger partial charge is 0.434 e. The van der Waals surface area contributed by atoms with Crippen LogP contribution in [0.15, 0.2) is 42.6 Å². The van der Waals surface area contributed by atoms with Crippen molar-refractivity contribution in [3.8, 4) is 17.4 Å². The number of aromatic nitrogens is 4. The molecule has 0 saturated heterocycles. The molecule has 0 radical (unpaired) electrons. The van der Waals surface area contributed by atoms with Crippen LogP contribution in [0.2, 0.25) is 0 Å². The lowest BCUT2D eigenvalue weighted by Gasteiger charge is -2.25. The number of ether oxygens (including phenoxy) is 2. The molecule has 2 aromatic heterocycles. The van der Waals surface area contributed by atoms with Crippen LogP contribution in [-0.2, 0) is 6.18 Å². The van der Waals surface area contributed by atoms with E-state index in [0.717, 1.165) is 11.8 Å². The Bertz CT molecular complexity index is 1100. The number of hydrogen-bond acceptors (Lipinski definition) is 7. The van der Waals surface area contributed by atoms with E-state index in [0.29, 0.717) is 10.4 Å². The van der Waals surface area contributed by atoms with Crippen LogP contribution >= 0.6 is 0 Å². The number of likely N-dealkylation sites (N-methyl/N-ethyl adjacent to an activating group) is 1. The lowest BCUT2D eigenvalue weighted by atomic mass is 10.1. The summed E-state index contributed by atoms with van der Waals surface area (Å²) in [6.07, 6.45) is -4.00. The van der Waals surface area contributed by atoms with Crippen LogP contribution in [0.3, 0.4) is 0 Å². The number of carbonyl (C=O) groups is 1. The van der Waals surface area contributed by atoms with Crippen molar-refractivity contribution in [2.24, 2.45) is 0 Å². The minimum atomic E-state index is -4.86. The fraction of sp³-hybridized carbons (Fsp3) is 0.333. The number of nitrogens with one attached hydrogen (secondary N) is 1. The predicted octanol–water partition coefficient (Wildman–Crippen LogP) is 2.73. The summed E-state index contributed by atoms with van der Waals surface area (Å²) in [6.45, 7) is 0.0593. The molecule has 3 rings (SSSR count). The van der Waals surface area contributed by atoms with Crippen molar-refractivity contribution >= 4 is 5.91 Å². The largest absolute Gasteiger partial charge is 0.497 e. The second-order valence-electron chi connectivity index (χ2n) is 7.22. The van der Waals surface area contributed by atoms with Crippen molar-refractivity contribution in [2.45, 2.75) is 12.2 Å². The van der Waals surface area contributed by atoms with Gasteiger partial charge in [-0.3, -0.25) is 4.79 Å². The van der Waals surface area contributed by atoms with Gasteiger partial charge < -0.3 is 19.7 Å². The van der Waals surface area contributed by atoms with Crippen LogP contribution in [0, 0.1) is 0 Å². The summed E-state index contributed by atoms with van der Waals surface area (Å²) in [4.78, 5) is 14.6. The number of alkyl halides is 3. The van der Waals surface area contributed by atoms with Crippen molar-refractivity contribution < 1.29 is 27.4 Å². The third kappa shape index (κ3) is 5.40. The average molecular weight is 464 g/mol. The molecule has 1 aromatic carbocycles. The molecule has 0 aliphatic heterocycles. The Morgan fingerprint density at radius 2 is 1.91 bits per heavy atom. The first kappa shape index (κ1) is 24.0. The summed E-state index contributed by atoms with van der Waals surface area (Å²) in [7, 11) is 6.50. The molecule has 0 saturated carbocycles. The van der Waals surface area contributed by atoms with Crippen LogP contribution < -0.4 is 14.8 Å². The number of benzene rings is 1. The quantitative estimate of drug-likeness (QED) is 0.548. The van der Waals surface area contributed by atoms with E-state index >= 15 is 0 Å². The first-order chi connectivity index (χ1) is 15.7. The minimum absolute atomic E-state index is 0.0593. The van der Waals surface area contributed by atoms with E-state index in [4.69, 9.17) is 9.47 Å². The normalized spacial score (nSPS) is 12.5. The molecular weight excluding hydrogens is 441 g/mol. The van der Waals surface area contributed by atoms with Gasteiger partial charge in [-0.05, 0) is 37.9 Å². The van der Waals surface area contributed by atoms with Gasteiger partial charge in [0.2, 0.25) is 5.88 Å². The average Bonchev–Trinajstić information content (AvgIpc) is 3.25. The van der Waals surface area contributed by atoms with Crippen LogP contribution in [0.1, 0.15) is 27.7 Å². The van der Waals surface area contributed by atoms with Crippen molar-refractivity contribution in [3.05, 3.63) is 59.4 Å². The van der Waals surface area contributed by atoms with E-state index in [1.165, 1.54) is 26.4 Å². The molecule has 0 aliphatic carbocycles. The number of methoxy groups -OCH3 is 2. The zero-order valence-corrected chi connectivity index (χ0v) is 18.4. The Morgan fingerprint density at radius 3 is 2.48 bits per heavy atom. The Hall–Kier alpha value is -3.67. The molecule has 1 atom stereocenters. The lowest BCUT2D eigenvalue weighted by molar-refractivity contribution is -0.143. The van der Waals surface area contributed by atoms with Gasteiger partial charge >= 0.3 is 6.18 Å². The number of rotatable bonds is 8. The molecule has 3 aromatic rings. The van der Waals surface area contributed by atoms with Gasteiger partial charge in [-0.15, -0.1) is 10.2 Å². The second-order valence-corrected chi connectivity index (χ2v) is 7.22.